The third-order valence-corrected chi connectivity index (χ3v) is 4.44. The number of nitrogens with one attached hydrogen (secondary N) is 1. The number of carbonyl (C=O) groups is 1. The van der Waals surface area contributed by atoms with E-state index in [0.29, 0.717) is 17.2 Å². The van der Waals surface area contributed by atoms with E-state index in [4.69, 9.17) is 10.5 Å². The molecule has 0 bridgehead atoms. The van der Waals surface area contributed by atoms with Gasteiger partial charge >= 0.3 is 5.97 Å². The van der Waals surface area contributed by atoms with E-state index in [9.17, 15) is 4.79 Å². The Balaban J connectivity index is 1.96. The summed E-state index contributed by atoms with van der Waals surface area (Å²) in [6.45, 7) is 1.98. The van der Waals surface area contributed by atoms with Gasteiger partial charge in [0.15, 0.2) is 0 Å². The van der Waals surface area contributed by atoms with Crippen LogP contribution >= 0.6 is 0 Å². The molecule has 2 atom stereocenters. The van der Waals surface area contributed by atoms with Gasteiger partial charge in [-0.1, -0.05) is 19.3 Å². The number of anilines is 1. The van der Waals surface area contributed by atoms with Gasteiger partial charge in [-0.15, -0.1) is 0 Å². The van der Waals surface area contributed by atoms with E-state index in [1.54, 1.807) is 24.3 Å². The summed E-state index contributed by atoms with van der Waals surface area (Å²) in [7, 11) is 1.95. The van der Waals surface area contributed by atoms with Crippen LogP contribution in [0, 0.1) is 5.92 Å². The van der Waals surface area contributed by atoms with Crippen LogP contribution < -0.4 is 11.1 Å². The maximum absolute atomic E-state index is 12.2. The Kier molecular flexibility index (Phi) is 5.62. The fourth-order valence-electron chi connectivity index (χ4n) is 3.28. The Labute approximate surface area is 127 Å². The number of esters is 1. The fourth-order valence-corrected chi connectivity index (χ4v) is 3.28. The molecule has 2 unspecified atom stereocenters. The molecular weight excluding hydrogens is 264 g/mol. The van der Waals surface area contributed by atoms with Gasteiger partial charge in [0.25, 0.3) is 0 Å². The molecule has 3 N–H and O–H groups in total. The number of likely N-dealkylation sites (N-methyl/N-ethyl adjacent to an activating group) is 1. The Morgan fingerprint density at radius 3 is 2.43 bits per heavy atom. The van der Waals surface area contributed by atoms with Gasteiger partial charge in [0.2, 0.25) is 0 Å². The molecule has 116 valence electrons. The van der Waals surface area contributed by atoms with Gasteiger partial charge in [0.1, 0.15) is 6.10 Å². The third-order valence-electron chi connectivity index (χ3n) is 4.44. The van der Waals surface area contributed by atoms with Gasteiger partial charge in [-0.3, -0.25) is 0 Å². The van der Waals surface area contributed by atoms with Gasteiger partial charge in [-0.2, -0.15) is 0 Å². The third kappa shape index (κ3) is 4.21. The predicted molar refractivity (Wildman–Crippen MR) is 85.2 cm³/mol. The molecule has 0 spiro atoms. The highest BCUT2D eigenvalue weighted by atomic mass is 16.5. The number of rotatable bonds is 5. The molecule has 0 saturated heterocycles. The van der Waals surface area contributed by atoms with E-state index in [2.05, 4.69) is 5.32 Å². The van der Waals surface area contributed by atoms with Gasteiger partial charge in [-0.25, -0.2) is 4.79 Å². The van der Waals surface area contributed by atoms with Crippen LogP contribution in [0.3, 0.4) is 0 Å². The standard InChI is InChI=1S/C17H26N2O2/c1-12(16(19-2)13-6-4-3-5-7-13)21-17(20)14-8-10-15(18)11-9-14/h8-13,16,19H,3-7,18H2,1-2H3. The predicted octanol–water partition coefficient (Wildman–Crippen LogP) is 2.98. The molecule has 2 rings (SSSR count). The number of nitrogens with two attached hydrogens (primary N) is 1. The summed E-state index contributed by atoms with van der Waals surface area (Å²) in [5.41, 5.74) is 6.83. The first-order valence-corrected chi connectivity index (χ1v) is 7.85. The summed E-state index contributed by atoms with van der Waals surface area (Å²) in [4.78, 5) is 12.2. The van der Waals surface area contributed by atoms with Crippen molar-refractivity contribution < 1.29 is 9.53 Å². The van der Waals surface area contributed by atoms with E-state index in [-0.39, 0.29) is 18.1 Å². The Hall–Kier alpha value is -1.55. The van der Waals surface area contributed by atoms with Crippen molar-refractivity contribution in [2.45, 2.75) is 51.2 Å². The molecule has 0 aromatic heterocycles. The molecule has 4 nitrogen and oxygen atoms in total. The molecule has 1 aliphatic carbocycles. The van der Waals surface area contributed by atoms with Crippen LogP contribution in [-0.4, -0.2) is 25.2 Å². The summed E-state index contributed by atoms with van der Waals surface area (Å²) < 4.78 is 5.64. The SMILES string of the molecule is CNC(C1CCCCC1)C(C)OC(=O)c1ccc(N)cc1. The van der Waals surface area contributed by atoms with Gasteiger partial charge < -0.3 is 15.8 Å². The first kappa shape index (κ1) is 15.8. The molecule has 0 amide bonds. The minimum atomic E-state index is -0.279. The molecule has 0 aliphatic heterocycles. The van der Waals surface area contributed by atoms with Gasteiger partial charge in [0, 0.05) is 11.7 Å². The average molecular weight is 290 g/mol. The molecule has 0 radical (unpaired) electrons. The lowest BCUT2D eigenvalue weighted by atomic mass is 9.82. The van der Waals surface area contributed by atoms with E-state index in [1.165, 1.54) is 32.1 Å². The van der Waals surface area contributed by atoms with E-state index >= 15 is 0 Å². The summed E-state index contributed by atoms with van der Waals surface area (Å²) in [5.74, 6) is 0.316. The topological polar surface area (TPSA) is 64.3 Å². The Morgan fingerprint density at radius 1 is 1.24 bits per heavy atom. The monoisotopic (exact) mass is 290 g/mol. The quantitative estimate of drug-likeness (QED) is 0.646. The first-order chi connectivity index (χ1) is 10.1. The average Bonchev–Trinajstić information content (AvgIpc) is 2.49. The minimum absolute atomic E-state index is 0.136. The molecular formula is C17H26N2O2. The van der Waals surface area contributed by atoms with Crippen molar-refractivity contribution in [3.05, 3.63) is 29.8 Å². The molecule has 1 aromatic carbocycles. The lowest BCUT2D eigenvalue weighted by Crippen LogP contribution is -2.45. The van der Waals surface area contributed by atoms with Crippen molar-refractivity contribution in [2.75, 3.05) is 12.8 Å². The molecule has 21 heavy (non-hydrogen) atoms. The zero-order valence-corrected chi connectivity index (χ0v) is 13.0. The molecule has 1 saturated carbocycles. The van der Waals surface area contributed by atoms with Crippen LogP contribution in [-0.2, 0) is 4.74 Å². The summed E-state index contributed by atoms with van der Waals surface area (Å²) in [5, 5.41) is 3.34. The van der Waals surface area contributed by atoms with Crippen molar-refractivity contribution >= 4 is 11.7 Å². The number of ether oxygens (including phenoxy) is 1. The van der Waals surface area contributed by atoms with E-state index in [1.807, 2.05) is 14.0 Å². The highest BCUT2D eigenvalue weighted by Crippen LogP contribution is 2.28. The van der Waals surface area contributed by atoms with Crippen LogP contribution in [0.4, 0.5) is 5.69 Å². The van der Waals surface area contributed by atoms with E-state index in [0.717, 1.165) is 0 Å². The number of benzene rings is 1. The normalized spacial score (nSPS) is 19.0. The first-order valence-electron chi connectivity index (χ1n) is 7.85. The summed E-state index contributed by atoms with van der Waals surface area (Å²) in [6, 6.07) is 7.08. The fraction of sp³-hybridized carbons (Fsp3) is 0.588. The zero-order valence-electron chi connectivity index (χ0n) is 13.0. The summed E-state index contributed by atoms with van der Waals surface area (Å²) >= 11 is 0. The number of hydrogen-bond donors (Lipinski definition) is 2. The van der Waals surface area contributed by atoms with Crippen LogP contribution in [0.15, 0.2) is 24.3 Å². The maximum Gasteiger partial charge on any atom is 0.338 e. The number of nitrogen functional groups attached to an aromatic ring is 1. The van der Waals surface area contributed by atoms with E-state index < -0.39 is 0 Å². The number of hydrogen-bond acceptors (Lipinski definition) is 4. The largest absolute Gasteiger partial charge is 0.457 e. The Bertz CT molecular complexity index is 452. The van der Waals surface area contributed by atoms with Crippen molar-refractivity contribution in [1.29, 1.82) is 0 Å². The zero-order chi connectivity index (χ0) is 15.2. The smallest absolute Gasteiger partial charge is 0.338 e. The molecule has 1 fully saturated rings. The van der Waals surface area contributed by atoms with Gasteiger partial charge in [-0.05, 0) is 57.0 Å². The van der Waals surface area contributed by atoms with Crippen molar-refractivity contribution in [1.82, 2.24) is 5.32 Å². The molecule has 1 aliphatic rings. The summed E-state index contributed by atoms with van der Waals surface area (Å²) in [6.07, 6.45) is 6.18. The maximum atomic E-state index is 12.2. The highest BCUT2D eigenvalue weighted by Gasteiger charge is 2.29. The van der Waals surface area contributed by atoms with Gasteiger partial charge in [0.05, 0.1) is 5.56 Å². The van der Waals surface area contributed by atoms with Crippen LogP contribution in [0.25, 0.3) is 0 Å². The second-order valence-corrected chi connectivity index (χ2v) is 5.94. The lowest BCUT2D eigenvalue weighted by molar-refractivity contribution is 0.0170. The second kappa shape index (κ2) is 7.46. The van der Waals surface area contributed by atoms with Crippen molar-refractivity contribution in [3.8, 4) is 0 Å². The van der Waals surface area contributed by atoms with Crippen LogP contribution in [0.5, 0.6) is 0 Å². The van der Waals surface area contributed by atoms with Crippen molar-refractivity contribution in [3.63, 3.8) is 0 Å². The Morgan fingerprint density at radius 2 is 1.86 bits per heavy atom. The molecule has 4 heteroatoms. The lowest BCUT2D eigenvalue weighted by Gasteiger charge is -2.33. The molecule has 0 heterocycles. The highest BCUT2D eigenvalue weighted by molar-refractivity contribution is 5.89. The van der Waals surface area contributed by atoms with Crippen LogP contribution in [0.2, 0.25) is 0 Å². The van der Waals surface area contributed by atoms with Crippen LogP contribution in [0.1, 0.15) is 49.4 Å². The molecule has 1 aromatic rings. The number of carbonyl (C=O) groups excluding carboxylic acids is 1. The second-order valence-electron chi connectivity index (χ2n) is 5.94. The van der Waals surface area contributed by atoms with Crippen molar-refractivity contribution in [2.24, 2.45) is 5.92 Å². The minimum Gasteiger partial charge on any atom is -0.457 e.